The molecule has 2 heterocycles. The van der Waals surface area contributed by atoms with Gasteiger partial charge in [-0.3, -0.25) is 0 Å². The number of para-hydroxylation sites is 1. The number of hydrogen-bond acceptors (Lipinski definition) is 6. The standard InChI is InChI=1S/C19H14N6O2/c26-19(27-18-9-7-17(8-10-18)25-14-20-22-23-25)11-6-15-12-21-24(13-15)16-4-2-1-3-5-16/h1-14H/b11-6+. The number of tetrazole rings is 1. The highest BCUT2D eigenvalue weighted by atomic mass is 16.5. The molecule has 0 atom stereocenters. The van der Waals surface area contributed by atoms with Crippen LogP contribution in [0.4, 0.5) is 0 Å². The third-order valence-electron chi connectivity index (χ3n) is 3.70. The van der Waals surface area contributed by atoms with Gasteiger partial charge in [-0.25, -0.2) is 14.2 Å². The molecule has 2 aromatic carbocycles. The predicted molar refractivity (Wildman–Crippen MR) is 97.4 cm³/mol. The second-order valence-electron chi connectivity index (χ2n) is 5.56. The molecule has 27 heavy (non-hydrogen) atoms. The van der Waals surface area contributed by atoms with Crippen LogP contribution in [0, 0.1) is 0 Å². The minimum atomic E-state index is -0.474. The number of carbonyl (C=O) groups excluding carboxylic acids is 1. The molecule has 0 aliphatic rings. The van der Waals surface area contributed by atoms with Crippen molar-refractivity contribution in [1.29, 1.82) is 0 Å². The van der Waals surface area contributed by atoms with Crippen molar-refractivity contribution in [2.24, 2.45) is 0 Å². The van der Waals surface area contributed by atoms with Crippen LogP contribution in [0.3, 0.4) is 0 Å². The van der Waals surface area contributed by atoms with Gasteiger partial charge in [0.05, 0.1) is 17.6 Å². The maximum absolute atomic E-state index is 12.0. The van der Waals surface area contributed by atoms with Gasteiger partial charge in [0, 0.05) is 17.8 Å². The Kier molecular flexibility index (Phi) is 4.52. The average molecular weight is 358 g/mol. The van der Waals surface area contributed by atoms with Crippen molar-refractivity contribution in [3.8, 4) is 17.1 Å². The summed E-state index contributed by atoms with van der Waals surface area (Å²) in [7, 11) is 0. The van der Waals surface area contributed by atoms with Crippen LogP contribution in [-0.4, -0.2) is 36.0 Å². The zero-order chi connectivity index (χ0) is 18.5. The van der Waals surface area contributed by atoms with Crippen molar-refractivity contribution >= 4 is 12.0 Å². The first-order chi connectivity index (χ1) is 13.3. The number of aromatic nitrogens is 6. The number of benzene rings is 2. The molecule has 0 N–H and O–H groups in total. The summed E-state index contributed by atoms with van der Waals surface area (Å²) >= 11 is 0. The molecule has 0 aliphatic carbocycles. The van der Waals surface area contributed by atoms with Crippen molar-refractivity contribution < 1.29 is 9.53 Å². The van der Waals surface area contributed by atoms with Gasteiger partial charge in [-0.05, 0) is 52.9 Å². The van der Waals surface area contributed by atoms with Gasteiger partial charge in [-0.15, -0.1) is 5.10 Å². The Hall–Kier alpha value is -4.07. The molecule has 132 valence electrons. The summed E-state index contributed by atoms with van der Waals surface area (Å²) in [6.45, 7) is 0. The Bertz CT molecular complexity index is 1050. The van der Waals surface area contributed by atoms with E-state index < -0.39 is 5.97 Å². The van der Waals surface area contributed by atoms with E-state index in [4.69, 9.17) is 4.74 Å². The second kappa shape index (κ2) is 7.44. The molecule has 0 saturated carbocycles. The minimum absolute atomic E-state index is 0.432. The van der Waals surface area contributed by atoms with Gasteiger partial charge in [0.1, 0.15) is 12.1 Å². The fraction of sp³-hybridized carbons (Fsp3) is 0. The number of ether oxygens (including phenoxy) is 1. The molecular formula is C19H14N6O2. The predicted octanol–water partition coefficient (Wildman–Crippen LogP) is 2.47. The summed E-state index contributed by atoms with van der Waals surface area (Å²) in [4.78, 5) is 12.0. The van der Waals surface area contributed by atoms with Gasteiger partial charge in [-0.1, -0.05) is 18.2 Å². The molecule has 0 radical (unpaired) electrons. The topological polar surface area (TPSA) is 87.7 Å². The fourth-order valence-corrected chi connectivity index (χ4v) is 2.41. The highest BCUT2D eigenvalue weighted by Crippen LogP contribution is 2.15. The molecule has 0 saturated heterocycles. The lowest BCUT2D eigenvalue weighted by molar-refractivity contribution is -0.128. The quantitative estimate of drug-likeness (QED) is 0.309. The van der Waals surface area contributed by atoms with Gasteiger partial charge in [-0.2, -0.15) is 5.10 Å². The van der Waals surface area contributed by atoms with Gasteiger partial charge in [0.2, 0.25) is 0 Å². The lowest BCUT2D eigenvalue weighted by atomic mass is 10.3. The zero-order valence-corrected chi connectivity index (χ0v) is 14.1. The van der Waals surface area contributed by atoms with E-state index in [2.05, 4.69) is 20.6 Å². The second-order valence-corrected chi connectivity index (χ2v) is 5.56. The molecule has 8 nitrogen and oxygen atoms in total. The van der Waals surface area contributed by atoms with Crippen LogP contribution < -0.4 is 4.74 Å². The Labute approximate surface area is 154 Å². The van der Waals surface area contributed by atoms with Crippen molar-refractivity contribution in [3.05, 3.63) is 85.0 Å². The van der Waals surface area contributed by atoms with Gasteiger partial charge >= 0.3 is 5.97 Å². The number of hydrogen-bond donors (Lipinski definition) is 0. The molecule has 0 amide bonds. The summed E-state index contributed by atoms with van der Waals surface area (Å²) < 4.78 is 8.53. The van der Waals surface area contributed by atoms with Gasteiger partial charge in [0.25, 0.3) is 0 Å². The number of nitrogens with zero attached hydrogens (tertiary/aromatic N) is 6. The molecule has 0 spiro atoms. The van der Waals surface area contributed by atoms with Crippen molar-refractivity contribution in [2.75, 3.05) is 0 Å². The van der Waals surface area contributed by atoms with Crippen molar-refractivity contribution in [2.45, 2.75) is 0 Å². The summed E-state index contributed by atoms with van der Waals surface area (Å²) in [5, 5.41) is 15.2. The van der Waals surface area contributed by atoms with E-state index in [1.54, 1.807) is 41.2 Å². The Morgan fingerprint density at radius 1 is 0.963 bits per heavy atom. The van der Waals surface area contributed by atoms with E-state index >= 15 is 0 Å². The Morgan fingerprint density at radius 2 is 1.74 bits per heavy atom. The third kappa shape index (κ3) is 3.96. The van der Waals surface area contributed by atoms with Gasteiger partial charge < -0.3 is 4.74 Å². The highest BCUT2D eigenvalue weighted by Gasteiger charge is 2.03. The van der Waals surface area contributed by atoms with E-state index in [0.29, 0.717) is 5.75 Å². The smallest absolute Gasteiger partial charge is 0.336 e. The zero-order valence-electron chi connectivity index (χ0n) is 14.1. The fourth-order valence-electron chi connectivity index (χ4n) is 2.41. The van der Waals surface area contributed by atoms with Crippen molar-refractivity contribution in [1.82, 2.24) is 30.0 Å². The number of carbonyl (C=O) groups is 1. The average Bonchev–Trinajstić information content (AvgIpc) is 3.40. The largest absolute Gasteiger partial charge is 0.423 e. The van der Waals surface area contributed by atoms with Crippen LogP contribution in [-0.2, 0) is 4.79 Å². The molecular weight excluding hydrogens is 344 g/mol. The van der Waals surface area contributed by atoms with E-state index in [9.17, 15) is 4.79 Å². The van der Waals surface area contributed by atoms with E-state index in [0.717, 1.165) is 16.9 Å². The third-order valence-corrected chi connectivity index (χ3v) is 3.70. The summed E-state index contributed by atoms with van der Waals surface area (Å²) in [5.41, 5.74) is 2.51. The van der Waals surface area contributed by atoms with Crippen LogP contribution in [0.2, 0.25) is 0 Å². The minimum Gasteiger partial charge on any atom is -0.423 e. The molecule has 0 unspecified atom stereocenters. The van der Waals surface area contributed by atoms with E-state index in [1.807, 2.05) is 36.5 Å². The van der Waals surface area contributed by atoms with Crippen molar-refractivity contribution in [3.63, 3.8) is 0 Å². The first-order valence-corrected chi connectivity index (χ1v) is 8.11. The normalized spacial score (nSPS) is 11.0. The Balaban J connectivity index is 1.38. The summed E-state index contributed by atoms with van der Waals surface area (Å²) in [6.07, 6.45) is 8.02. The molecule has 2 aromatic heterocycles. The molecule has 4 rings (SSSR count). The SMILES string of the molecule is O=C(/C=C/c1cnn(-c2ccccc2)c1)Oc1ccc(-n2cnnn2)cc1. The molecule has 8 heteroatoms. The van der Waals surface area contributed by atoms with Gasteiger partial charge in [0.15, 0.2) is 0 Å². The van der Waals surface area contributed by atoms with E-state index in [1.165, 1.54) is 17.1 Å². The molecule has 0 fully saturated rings. The first-order valence-electron chi connectivity index (χ1n) is 8.11. The highest BCUT2D eigenvalue weighted by molar-refractivity contribution is 5.88. The number of rotatable bonds is 5. The van der Waals surface area contributed by atoms with E-state index in [-0.39, 0.29) is 0 Å². The number of esters is 1. The lowest BCUT2D eigenvalue weighted by Gasteiger charge is -2.03. The maximum Gasteiger partial charge on any atom is 0.336 e. The maximum atomic E-state index is 12.0. The van der Waals surface area contributed by atoms with Crippen LogP contribution in [0.15, 0.2) is 79.4 Å². The van der Waals surface area contributed by atoms with Crippen LogP contribution in [0.25, 0.3) is 17.5 Å². The van der Waals surface area contributed by atoms with Crippen LogP contribution >= 0.6 is 0 Å². The van der Waals surface area contributed by atoms with Crippen LogP contribution in [0.1, 0.15) is 5.56 Å². The molecule has 0 bridgehead atoms. The van der Waals surface area contributed by atoms with Crippen LogP contribution in [0.5, 0.6) is 5.75 Å². The first kappa shape index (κ1) is 16.4. The molecule has 0 aliphatic heterocycles. The molecule has 4 aromatic rings. The summed E-state index contributed by atoms with van der Waals surface area (Å²) in [5.74, 6) is -0.0425. The Morgan fingerprint density at radius 3 is 2.48 bits per heavy atom. The monoisotopic (exact) mass is 358 g/mol. The summed E-state index contributed by atoms with van der Waals surface area (Å²) in [6, 6.07) is 16.6. The lowest BCUT2D eigenvalue weighted by Crippen LogP contribution is -2.04.